The molecule has 0 aliphatic heterocycles. The number of nitriles is 1. The molecule has 0 saturated carbocycles. The molecule has 1 aromatic rings. The van der Waals surface area contributed by atoms with Gasteiger partial charge >= 0.3 is 6.16 Å². The van der Waals surface area contributed by atoms with Crippen LogP contribution in [-0.4, -0.2) is 12.8 Å². The van der Waals surface area contributed by atoms with Gasteiger partial charge in [0.05, 0.1) is 6.61 Å². The third kappa shape index (κ3) is 3.28. The molecule has 16 heavy (non-hydrogen) atoms. The molecule has 1 rings (SSSR count). The van der Waals surface area contributed by atoms with Gasteiger partial charge in [0.15, 0.2) is 0 Å². The first-order valence-electron chi connectivity index (χ1n) is 4.97. The van der Waals surface area contributed by atoms with E-state index in [4.69, 9.17) is 10.00 Å². The maximum absolute atomic E-state index is 11.1. The number of hydrogen-bond donors (Lipinski definition) is 0. The van der Waals surface area contributed by atoms with Crippen molar-refractivity contribution < 1.29 is 14.3 Å². The van der Waals surface area contributed by atoms with Crippen LogP contribution in [0, 0.1) is 18.3 Å². The fourth-order valence-corrected chi connectivity index (χ4v) is 1.25. The number of carbonyl (C=O) groups excluding carboxylic acids is 1. The predicted octanol–water partition coefficient (Wildman–Crippen LogP) is 2.73. The Morgan fingerprint density at radius 3 is 2.88 bits per heavy atom. The molecule has 84 valence electrons. The van der Waals surface area contributed by atoms with Gasteiger partial charge in [0.1, 0.15) is 6.07 Å². The summed E-state index contributed by atoms with van der Waals surface area (Å²) < 4.78 is 9.47. The summed E-state index contributed by atoms with van der Waals surface area (Å²) in [5.74, 6) is 0. The maximum Gasteiger partial charge on any atom is 0.509 e. The zero-order chi connectivity index (χ0) is 12.0. The number of rotatable bonds is 3. The fourth-order valence-electron chi connectivity index (χ4n) is 1.25. The number of nitrogens with zero attached hydrogens (tertiary/aromatic N) is 1. The monoisotopic (exact) mass is 219 g/mol. The summed E-state index contributed by atoms with van der Waals surface area (Å²) in [5.41, 5.74) is 1.65. The quantitative estimate of drug-likeness (QED) is 0.733. The minimum atomic E-state index is -0.918. The highest BCUT2D eigenvalue weighted by Gasteiger charge is 2.16. The van der Waals surface area contributed by atoms with Crippen molar-refractivity contribution in [3.63, 3.8) is 0 Å². The van der Waals surface area contributed by atoms with Crippen LogP contribution in [0.3, 0.4) is 0 Å². The summed E-state index contributed by atoms with van der Waals surface area (Å²) >= 11 is 0. The van der Waals surface area contributed by atoms with Gasteiger partial charge in [-0.2, -0.15) is 5.26 Å². The first-order chi connectivity index (χ1) is 7.67. The molecule has 0 saturated heterocycles. The molecular weight excluding hydrogens is 206 g/mol. The first kappa shape index (κ1) is 12.1. The van der Waals surface area contributed by atoms with E-state index in [1.54, 1.807) is 19.1 Å². The lowest BCUT2D eigenvalue weighted by atomic mass is 10.1. The van der Waals surface area contributed by atoms with Gasteiger partial charge in [-0.3, -0.25) is 0 Å². The van der Waals surface area contributed by atoms with E-state index in [-0.39, 0.29) is 6.61 Å². The predicted molar refractivity (Wildman–Crippen MR) is 57.6 cm³/mol. The molecule has 0 aliphatic rings. The smallest absolute Gasteiger partial charge is 0.435 e. The van der Waals surface area contributed by atoms with Gasteiger partial charge < -0.3 is 9.47 Å². The number of ether oxygens (including phenoxy) is 2. The molecular formula is C12H13NO3. The minimum absolute atomic E-state index is 0.227. The Morgan fingerprint density at radius 2 is 2.31 bits per heavy atom. The Bertz CT molecular complexity index is 409. The summed E-state index contributed by atoms with van der Waals surface area (Å²) in [4.78, 5) is 11.1. The second-order valence-corrected chi connectivity index (χ2v) is 3.22. The molecule has 1 aromatic carbocycles. The summed E-state index contributed by atoms with van der Waals surface area (Å²) in [7, 11) is 0. The average Bonchev–Trinajstić information content (AvgIpc) is 2.26. The lowest BCUT2D eigenvalue weighted by molar-refractivity contribution is 0.0421. The Hall–Kier alpha value is -2.02. The molecule has 0 radical (unpaired) electrons. The van der Waals surface area contributed by atoms with E-state index in [1.807, 2.05) is 25.1 Å². The van der Waals surface area contributed by atoms with Crippen LogP contribution in [0.5, 0.6) is 0 Å². The van der Waals surface area contributed by atoms with Gasteiger partial charge in [-0.05, 0) is 13.8 Å². The van der Waals surface area contributed by atoms with Crippen molar-refractivity contribution in [2.75, 3.05) is 6.61 Å². The fraction of sp³-hybridized carbons (Fsp3) is 0.333. The number of benzene rings is 1. The van der Waals surface area contributed by atoms with E-state index in [0.717, 1.165) is 5.56 Å². The van der Waals surface area contributed by atoms with Crippen LogP contribution in [0.2, 0.25) is 0 Å². The number of hydrogen-bond acceptors (Lipinski definition) is 4. The van der Waals surface area contributed by atoms with Gasteiger partial charge in [0, 0.05) is 5.56 Å². The van der Waals surface area contributed by atoms with E-state index in [1.165, 1.54) is 0 Å². The molecule has 0 bridgehead atoms. The normalized spacial score (nSPS) is 11.3. The molecule has 1 atom stereocenters. The molecule has 4 nitrogen and oxygen atoms in total. The van der Waals surface area contributed by atoms with E-state index < -0.39 is 12.3 Å². The lowest BCUT2D eigenvalue weighted by Gasteiger charge is -2.11. The number of aryl methyl sites for hydroxylation is 1. The van der Waals surface area contributed by atoms with Crippen molar-refractivity contribution in [2.45, 2.75) is 20.0 Å². The van der Waals surface area contributed by atoms with Gasteiger partial charge in [-0.15, -0.1) is 0 Å². The summed E-state index contributed by atoms with van der Waals surface area (Å²) in [6.45, 7) is 3.81. The van der Waals surface area contributed by atoms with Crippen molar-refractivity contribution in [3.05, 3.63) is 35.4 Å². The molecule has 4 heteroatoms. The first-order valence-corrected chi connectivity index (χ1v) is 4.97. The van der Waals surface area contributed by atoms with Crippen LogP contribution in [0.25, 0.3) is 0 Å². The zero-order valence-electron chi connectivity index (χ0n) is 9.27. The Kier molecular flexibility index (Phi) is 4.34. The molecule has 0 spiro atoms. The van der Waals surface area contributed by atoms with Crippen molar-refractivity contribution in [3.8, 4) is 6.07 Å². The molecule has 1 unspecified atom stereocenters. The Morgan fingerprint density at radius 1 is 1.56 bits per heavy atom. The highest BCUT2D eigenvalue weighted by atomic mass is 16.7. The standard InChI is InChI=1S/C12H13NO3/c1-3-15-12(14)16-11(8-13)10-6-4-5-9(2)7-10/h4-7,11H,3H2,1-2H3. The molecule has 0 N–H and O–H groups in total. The van der Waals surface area contributed by atoms with E-state index >= 15 is 0 Å². The summed E-state index contributed by atoms with van der Waals surface area (Å²) in [6.07, 6.45) is -1.74. The van der Waals surface area contributed by atoms with Crippen LogP contribution < -0.4 is 0 Å². The van der Waals surface area contributed by atoms with Gasteiger partial charge in [-0.1, -0.05) is 29.8 Å². The summed E-state index contributed by atoms with van der Waals surface area (Å²) in [6, 6.07) is 9.16. The second-order valence-electron chi connectivity index (χ2n) is 3.22. The highest BCUT2D eigenvalue weighted by Crippen LogP contribution is 2.18. The zero-order valence-corrected chi connectivity index (χ0v) is 9.27. The Balaban J connectivity index is 2.76. The summed E-state index contributed by atoms with van der Waals surface area (Å²) in [5, 5.41) is 8.90. The molecule has 0 amide bonds. The highest BCUT2D eigenvalue weighted by molar-refractivity contribution is 5.60. The van der Waals surface area contributed by atoms with Crippen LogP contribution >= 0.6 is 0 Å². The van der Waals surface area contributed by atoms with Gasteiger partial charge in [0.2, 0.25) is 6.10 Å². The molecule has 0 aliphatic carbocycles. The molecule has 0 fully saturated rings. The third-order valence-corrected chi connectivity index (χ3v) is 1.94. The molecule has 0 heterocycles. The topological polar surface area (TPSA) is 59.3 Å². The Labute approximate surface area is 94.4 Å². The second kappa shape index (κ2) is 5.76. The van der Waals surface area contributed by atoms with Crippen LogP contribution in [0.15, 0.2) is 24.3 Å². The van der Waals surface area contributed by atoms with Crippen molar-refractivity contribution >= 4 is 6.16 Å². The van der Waals surface area contributed by atoms with E-state index in [2.05, 4.69) is 4.74 Å². The van der Waals surface area contributed by atoms with Crippen molar-refractivity contribution in [1.82, 2.24) is 0 Å². The van der Waals surface area contributed by atoms with Gasteiger partial charge in [0.25, 0.3) is 0 Å². The minimum Gasteiger partial charge on any atom is -0.435 e. The largest absolute Gasteiger partial charge is 0.509 e. The van der Waals surface area contributed by atoms with Crippen LogP contribution in [0.4, 0.5) is 4.79 Å². The van der Waals surface area contributed by atoms with Gasteiger partial charge in [-0.25, -0.2) is 4.79 Å². The van der Waals surface area contributed by atoms with E-state index in [9.17, 15) is 4.79 Å². The maximum atomic E-state index is 11.1. The third-order valence-electron chi connectivity index (χ3n) is 1.94. The SMILES string of the molecule is CCOC(=O)OC(C#N)c1cccc(C)c1. The molecule has 0 aromatic heterocycles. The van der Waals surface area contributed by atoms with Crippen LogP contribution in [-0.2, 0) is 9.47 Å². The van der Waals surface area contributed by atoms with Crippen molar-refractivity contribution in [2.24, 2.45) is 0 Å². The van der Waals surface area contributed by atoms with Crippen molar-refractivity contribution in [1.29, 1.82) is 5.26 Å². The number of carbonyl (C=O) groups is 1. The lowest BCUT2D eigenvalue weighted by Crippen LogP contribution is -2.11. The average molecular weight is 219 g/mol. The van der Waals surface area contributed by atoms with Crippen LogP contribution in [0.1, 0.15) is 24.2 Å². The van der Waals surface area contributed by atoms with E-state index in [0.29, 0.717) is 5.56 Å².